The van der Waals surface area contributed by atoms with Crippen molar-refractivity contribution in [1.82, 2.24) is 5.32 Å². The van der Waals surface area contributed by atoms with Crippen molar-refractivity contribution in [3.8, 4) is 0 Å². The topological polar surface area (TPSA) is 44.3 Å². The summed E-state index contributed by atoms with van der Waals surface area (Å²) in [5.41, 5.74) is 2.24. The number of hydrogen-bond donors (Lipinski definition) is 3. The van der Waals surface area contributed by atoms with Crippen molar-refractivity contribution in [2.24, 2.45) is 0 Å². The number of rotatable bonds is 2. The van der Waals surface area contributed by atoms with Gasteiger partial charge in [-0.3, -0.25) is 0 Å². The Morgan fingerprint density at radius 2 is 0.944 bits per heavy atom. The Morgan fingerprint density at radius 3 is 1.22 bits per heavy atom. The van der Waals surface area contributed by atoms with Gasteiger partial charge in [-0.05, 0) is 38.4 Å². The van der Waals surface area contributed by atoms with Crippen LogP contribution in [0.1, 0.15) is 0 Å². The molecule has 0 atom stereocenters. The number of para-hydroxylation sites is 2. The Labute approximate surface area is 109 Å². The van der Waals surface area contributed by atoms with Crippen LogP contribution in [0.15, 0.2) is 60.7 Å². The zero-order chi connectivity index (χ0) is 13.6. The van der Waals surface area contributed by atoms with E-state index in [1.807, 2.05) is 74.8 Å². The van der Waals surface area contributed by atoms with Crippen LogP contribution in [0.2, 0.25) is 0 Å². The summed E-state index contributed by atoms with van der Waals surface area (Å²) in [6.07, 6.45) is 0. The quantitative estimate of drug-likeness (QED) is 0.763. The Morgan fingerprint density at radius 1 is 0.667 bits per heavy atom. The van der Waals surface area contributed by atoms with Crippen LogP contribution in [0, 0.1) is 0 Å². The van der Waals surface area contributed by atoms with Crippen molar-refractivity contribution in [3.63, 3.8) is 0 Å². The standard InChI is InChI=1S/C12H11N.C2H7N.CH4O/c1-3-7-11(8-4-1)13-12-9-5-2-6-10-12;1-3-2;1-2/h1-10,13H;3H,1-2H3;2H,1H3. The first-order chi connectivity index (χ1) is 8.86. The molecule has 2 aromatic rings. The number of benzene rings is 2. The smallest absolute Gasteiger partial charge is 0.0384 e. The molecule has 3 N–H and O–H groups in total. The van der Waals surface area contributed by atoms with Gasteiger partial charge in [0, 0.05) is 18.5 Å². The van der Waals surface area contributed by atoms with E-state index in [1.165, 1.54) is 0 Å². The monoisotopic (exact) mass is 246 g/mol. The maximum atomic E-state index is 7.00. The SMILES string of the molecule is CNC.CO.c1ccc(Nc2ccccc2)cc1. The van der Waals surface area contributed by atoms with Crippen LogP contribution in [-0.2, 0) is 0 Å². The van der Waals surface area contributed by atoms with Gasteiger partial charge < -0.3 is 15.7 Å². The van der Waals surface area contributed by atoms with Gasteiger partial charge in [0.25, 0.3) is 0 Å². The lowest BCUT2D eigenvalue weighted by Gasteiger charge is -2.04. The van der Waals surface area contributed by atoms with Gasteiger partial charge in [0.1, 0.15) is 0 Å². The molecular weight excluding hydrogens is 224 g/mol. The van der Waals surface area contributed by atoms with Gasteiger partial charge in [0.2, 0.25) is 0 Å². The molecule has 2 aromatic carbocycles. The minimum Gasteiger partial charge on any atom is -0.400 e. The van der Waals surface area contributed by atoms with Crippen LogP contribution in [0.25, 0.3) is 0 Å². The van der Waals surface area contributed by atoms with E-state index in [0.717, 1.165) is 18.5 Å². The third-order valence-corrected chi connectivity index (χ3v) is 1.84. The van der Waals surface area contributed by atoms with E-state index in [2.05, 4.69) is 10.6 Å². The lowest BCUT2D eigenvalue weighted by Crippen LogP contribution is -1.89. The predicted octanol–water partition coefficient (Wildman–Crippen LogP) is 2.87. The fourth-order valence-electron chi connectivity index (χ4n) is 1.21. The lowest BCUT2D eigenvalue weighted by molar-refractivity contribution is 0.399. The van der Waals surface area contributed by atoms with E-state index in [-0.39, 0.29) is 0 Å². The summed E-state index contributed by atoms with van der Waals surface area (Å²) in [4.78, 5) is 0. The molecule has 0 aromatic heterocycles. The Balaban J connectivity index is 0.000000509. The van der Waals surface area contributed by atoms with E-state index in [9.17, 15) is 0 Å². The van der Waals surface area contributed by atoms with E-state index >= 15 is 0 Å². The van der Waals surface area contributed by atoms with Crippen LogP contribution >= 0.6 is 0 Å². The highest BCUT2D eigenvalue weighted by Crippen LogP contribution is 2.14. The molecular formula is C15H22N2O. The number of aliphatic hydroxyl groups is 1. The van der Waals surface area contributed by atoms with Crippen molar-refractivity contribution < 1.29 is 5.11 Å². The van der Waals surface area contributed by atoms with E-state index in [0.29, 0.717) is 0 Å². The van der Waals surface area contributed by atoms with Gasteiger partial charge in [0.05, 0.1) is 0 Å². The molecule has 0 unspecified atom stereocenters. The molecule has 18 heavy (non-hydrogen) atoms. The van der Waals surface area contributed by atoms with Crippen LogP contribution in [-0.4, -0.2) is 26.3 Å². The van der Waals surface area contributed by atoms with Gasteiger partial charge in [-0.1, -0.05) is 36.4 Å². The van der Waals surface area contributed by atoms with Crippen LogP contribution in [0.4, 0.5) is 11.4 Å². The average molecular weight is 246 g/mol. The Bertz CT molecular complexity index is 339. The second-order valence-electron chi connectivity index (χ2n) is 3.36. The Kier molecular flexibility index (Phi) is 10.4. The largest absolute Gasteiger partial charge is 0.400 e. The molecule has 0 radical (unpaired) electrons. The normalized spacial score (nSPS) is 8.22. The average Bonchev–Trinajstić information content (AvgIpc) is 2.44. The zero-order valence-electron chi connectivity index (χ0n) is 11.2. The highest BCUT2D eigenvalue weighted by molar-refractivity contribution is 5.58. The summed E-state index contributed by atoms with van der Waals surface area (Å²) in [6, 6.07) is 20.3. The highest BCUT2D eigenvalue weighted by Gasteiger charge is 1.89. The summed E-state index contributed by atoms with van der Waals surface area (Å²) in [5.74, 6) is 0. The maximum absolute atomic E-state index is 7.00. The fraction of sp³-hybridized carbons (Fsp3) is 0.200. The number of nitrogens with one attached hydrogen (secondary N) is 2. The van der Waals surface area contributed by atoms with Gasteiger partial charge in [0.15, 0.2) is 0 Å². The summed E-state index contributed by atoms with van der Waals surface area (Å²) in [7, 11) is 4.75. The van der Waals surface area contributed by atoms with Crippen LogP contribution < -0.4 is 10.6 Å². The molecule has 0 spiro atoms. The first kappa shape index (κ1) is 16.2. The van der Waals surface area contributed by atoms with Gasteiger partial charge in [-0.15, -0.1) is 0 Å². The molecule has 0 amide bonds. The van der Waals surface area contributed by atoms with Crippen molar-refractivity contribution in [3.05, 3.63) is 60.7 Å². The molecule has 0 aliphatic rings. The molecule has 3 heteroatoms. The first-order valence-electron chi connectivity index (χ1n) is 5.77. The lowest BCUT2D eigenvalue weighted by atomic mass is 10.3. The van der Waals surface area contributed by atoms with Crippen molar-refractivity contribution in [2.45, 2.75) is 0 Å². The van der Waals surface area contributed by atoms with E-state index in [1.54, 1.807) is 0 Å². The predicted molar refractivity (Wildman–Crippen MR) is 79.3 cm³/mol. The summed E-state index contributed by atoms with van der Waals surface area (Å²) in [6.45, 7) is 0. The molecule has 0 saturated carbocycles. The zero-order valence-corrected chi connectivity index (χ0v) is 11.2. The molecule has 0 aliphatic heterocycles. The summed E-state index contributed by atoms with van der Waals surface area (Å²) < 4.78 is 0. The second-order valence-corrected chi connectivity index (χ2v) is 3.36. The highest BCUT2D eigenvalue weighted by atomic mass is 16.2. The number of aliphatic hydroxyl groups excluding tert-OH is 1. The molecule has 98 valence electrons. The van der Waals surface area contributed by atoms with Gasteiger partial charge in [-0.2, -0.15) is 0 Å². The molecule has 0 bridgehead atoms. The van der Waals surface area contributed by atoms with Gasteiger partial charge in [-0.25, -0.2) is 0 Å². The number of anilines is 2. The molecule has 0 aliphatic carbocycles. The first-order valence-corrected chi connectivity index (χ1v) is 5.77. The maximum Gasteiger partial charge on any atom is 0.0384 e. The van der Waals surface area contributed by atoms with Crippen molar-refractivity contribution in [2.75, 3.05) is 26.5 Å². The molecule has 0 saturated heterocycles. The third-order valence-electron chi connectivity index (χ3n) is 1.84. The number of hydrogen-bond acceptors (Lipinski definition) is 3. The fourth-order valence-corrected chi connectivity index (χ4v) is 1.21. The Hall–Kier alpha value is -1.84. The summed E-state index contributed by atoms with van der Waals surface area (Å²) >= 11 is 0. The van der Waals surface area contributed by atoms with E-state index in [4.69, 9.17) is 5.11 Å². The molecule has 0 heterocycles. The minimum absolute atomic E-state index is 1.00. The molecule has 2 rings (SSSR count). The van der Waals surface area contributed by atoms with E-state index < -0.39 is 0 Å². The third kappa shape index (κ3) is 7.44. The van der Waals surface area contributed by atoms with Crippen molar-refractivity contribution >= 4 is 11.4 Å². The minimum atomic E-state index is 1.00. The molecule has 0 fully saturated rings. The van der Waals surface area contributed by atoms with Gasteiger partial charge >= 0.3 is 0 Å². The summed E-state index contributed by atoms with van der Waals surface area (Å²) in [5, 5.41) is 13.1. The van der Waals surface area contributed by atoms with Crippen LogP contribution in [0.5, 0.6) is 0 Å². The second kappa shape index (κ2) is 11.6. The van der Waals surface area contributed by atoms with Crippen LogP contribution in [0.3, 0.4) is 0 Å². The molecule has 3 nitrogen and oxygen atoms in total. The van der Waals surface area contributed by atoms with Crippen molar-refractivity contribution in [1.29, 1.82) is 0 Å².